The predicted molar refractivity (Wildman–Crippen MR) is 77.7 cm³/mol. The lowest BCUT2D eigenvalue weighted by Crippen LogP contribution is -2.46. The van der Waals surface area contributed by atoms with Gasteiger partial charge in [-0.15, -0.1) is 11.3 Å². The third-order valence-electron chi connectivity index (χ3n) is 2.91. The van der Waals surface area contributed by atoms with E-state index in [9.17, 15) is 9.59 Å². The number of rotatable bonds is 7. The number of carboxylic acids is 1. The van der Waals surface area contributed by atoms with E-state index in [-0.39, 0.29) is 11.9 Å². The number of hydrogen-bond donors (Lipinski definition) is 3. The second-order valence-electron chi connectivity index (χ2n) is 5.22. The molecule has 0 saturated heterocycles. The zero-order valence-corrected chi connectivity index (χ0v) is 12.8. The van der Waals surface area contributed by atoms with Crippen molar-refractivity contribution in [3.63, 3.8) is 0 Å². The maximum absolute atomic E-state index is 11.8. The van der Waals surface area contributed by atoms with E-state index < -0.39 is 11.5 Å². The van der Waals surface area contributed by atoms with E-state index >= 15 is 0 Å². The molecule has 0 aliphatic rings. The SMILES string of the molecule is CC(CCCNC(=O)NC(C)(C)c1nccs1)C(=O)O. The van der Waals surface area contributed by atoms with Crippen LogP contribution in [0.1, 0.15) is 38.6 Å². The topological polar surface area (TPSA) is 91.3 Å². The zero-order valence-electron chi connectivity index (χ0n) is 12.0. The molecular formula is C13H21N3O3S. The first kappa shape index (κ1) is 16.4. The van der Waals surface area contributed by atoms with Gasteiger partial charge in [-0.2, -0.15) is 0 Å². The van der Waals surface area contributed by atoms with Crippen molar-refractivity contribution in [1.29, 1.82) is 0 Å². The molecule has 0 aliphatic carbocycles. The van der Waals surface area contributed by atoms with Crippen molar-refractivity contribution >= 4 is 23.3 Å². The van der Waals surface area contributed by atoms with Crippen molar-refractivity contribution < 1.29 is 14.7 Å². The van der Waals surface area contributed by atoms with Gasteiger partial charge in [0.05, 0.1) is 11.5 Å². The van der Waals surface area contributed by atoms with Crippen LogP contribution < -0.4 is 10.6 Å². The number of carboxylic acid groups (broad SMARTS) is 1. The third-order valence-corrected chi connectivity index (χ3v) is 4.01. The number of carbonyl (C=O) groups excluding carboxylic acids is 1. The second kappa shape index (κ2) is 7.23. The smallest absolute Gasteiger partial charge is 0.315 e. The summed E-state index contributed by atoms with van der Waals surface area (Å²) < 4.78 is 0. The molecule has 1 unspecified atom stereocenters. The van der Waals surface area contributed by atoms with Gasteiger partial charge in [-0.05, 0) is 26.7 Å². The molecule has 0 bridgehead atoms. The lowest BCUT2D eigenvalue weighted by molar-refractivity contribution is -0.141. The van der Waals surface area contributed by atoms with Crippen LogP contribution in [0.4, 0.5) is 4.79 Å². The molecule has 20 heavy (non-hydrogen) atoms. The molecule has 0 radical (unpaired) electrons. The summed E-state index contributed by atoms with van der Waals surface area (Å²) in [6.07, 6.45) is 2.89. The average molecular weight is 299 g/mol. The average Bonchev–Trinajstić information content (AvgIpc) is 2.88. The van der Waals surface area contributed by atoms with Gasteiger partial charge in [-0.1, -0.05) is 6.92 Å². The minimum absolute atomic E-state index is 0.270. The molecular weight excluding hydrogens is 278 g/mol. The Morgan fingerprint density at radius 3 is 2.75 bits per heavy atom. The summed E-state index contributed by atoms with van der Waals surface area (Å²) in [6, 6.07) is -0.270. The fourth-order valence-corrected chi connectivity index (χ4v) is 2.37. The van der Waals surface area contributed by atoms with Crippen LogP contribution in [0.2, 0.25) is 0 Å². The Morgan fingerprint density at radius 1 is 1.50 bits per heavy atom. The Morgan fingerprint density at radius 2 is 2.20 bits per heavy atom. The van der Waals surface area contributed by atoms with Crippen LogP contribution in [0.15, 0.2) is 11.6 Å². The summed E-state index contributed by atoms with van der Waals surface area (Å²) in [5, 5.41) is 17.0. The first-order valence-electron chi connectivity index (χ1n) is 6.51. The molecule has 1 atom stereocenters. The van der Waals surface area contributed by atoms with E-state index in [0.717, 1.165) is 5.01 Å². The molecule has 7 heteroatoms. The molecule has 1 rings (SSSR count). The van der Waals surface area contributed by atoms with E-state index in [0.29, 0.717) is 19.4 Å². The van der Waals surface area contributed by atoms with Gasteiger partial charge < -0.3 is 15.7 Å². The van der Waals surface area contributed by atoms with E-state index in [2.05, 4.69) is 15.6 Å². The highest BCUT2D eigenvalue weighted by atomic mass is 32.1. The van der Waals surface area contributed by atoms with Crippen LogP contribution in [0, 0.1) is 5.92 Å². The maximum Gasteiger partial charge on any atom is 0.315 e. The number of nitrogens with zero attached hydrogens (tertiary/aromatic N) is 1. The highest BCUT2D eigenvalue weighted by Crippen LogP contribution is 2.21. The molecule has 0 spiro atoms. The van der Waals surface area contributed by atoms with Gasteiger partial charge in [0.15, 0.2) is 0 Å². The molecule has 1 aromatic rings. The molecule has 3 N–H and O–H groups in total. The first-order valence-corrected chi connectivity index (χ1v) is 7.39. The Balaban J connectivity index is 2.29. The molecule has 1 aromatic heterocycles. The highest BCUT2D eigenvalue weighted by Gasteiger charge is 2.25. The van der Waals surface area contributed by atoms with Crippen LogP contribution in [-0.4, -0.2) is 28.6 Å². The highest BCUT2D eigenvalue weighted by molar-refractivity contribution is 7.09. The van der Waals surface area contributed by atoms with Gasteiger partial charge in [0, 0.05) is 18.1 Å². The second-order valence-corrected chi connectivity index (χ2v) is 6.12. The third kappa shape index (κ3) is 5.16. The Hall–Kier alpha value is -1.63. The number of amides is 2. The fraction of sp³-hybridized carbons (Fsp3) is 0.615. The molecule has 112 valence electrons. The molecule has 0 aliphatic heterocycles. The summed E-state index contributed by atoms with van der Waals surface area (Å²) in [4.78, 5) is 26.6. The standard InChI is InChI=1S/C13H21N3O3S/c1-9(10(17)18)5-4-6-15-12(19)16-13(2,3)11-14-7-8-20-11/h7-9H,4-6H2,1-3H3,(H,17,18)(H2,15,16,19). The van der Waals surface area contributed by atoms with Crippen LogP contribution in [0.25, 0.3) is 0 Å². The fourth-order valence-electron chi connectivity index (χ4n) is 1.65. The molecule has 0 fully saturated rings. The predicted octanol–water partition coefficient (Wildman–Crippen LogP) is 2.18. The van der Waals surface area contributed by atoms with Crippen LogP contribution in [-0.2, 0) is 10.3 Å². The minimum atomic E-state index is -0.806. The van der Waals surface area contributed by atoms with Gasteiger partial charge in [0.25, 0.3) is 0 Å². The van der Waals surface area contributed by atoms with Gasteiger partial charge in [0.2, 0.25) is 0 Å². The number of carbonyl (C=O) groups is 2. The number of nitrogens with one attached hydrogen (secondary N) is 2. The summed E-state index contributed by atoms with van der Waals surface area (Å²) >= 11 is 1.49. The van der Waals surface area contributed by atoms with E-state index in [1.165, 1.54) is 11.3 Å². The largest absolute Gasteiger partial charge is 0.481 e. The van der Waals surface area contributed by atoms with Gasteiger partial charge >= 0.3 is 12.0 Å². The zero-order chi connectivity index (χ0) is 15.2. The van der Waals surface area contributed by atoms with Crippen molar-refractivity contribution in [2.45, 2.75) is 39.2 Å². The Labute approximate surface area is 122 Å². The van der Waals surface area contributed by atoms with E-state index in [4.69, 9.17) is 5.11 Å². The maximum atomic E-state index is 11.8. The molecule has 6 nitrogen and oxygen atoms in total. The van der Waals surface area contributed by atoms with Crippen LogP contribution >= 0.6 is 11.3 Å². The van der Waals surface area contributed by atoms with Crippen molar-refractivity contribution in [2.24, 2.45) is 5.92 Å². The van der Waals surface area contributed by atoms with E-state index in [1.807, 2.05) is 19.2 Å². The lowest BCUT2D eigenvalue weighted by Gasteiger charge is -2.24. The lowest BCUT2D eigenvalue weighted by atomic mass is 10.1. The van der Waals surface area contributed by atoms with Crippen molar-refractivity contribution in [1.82, 2.24) is 15.6 Å². The summed E-state index contributed by atoms with van der Waals surface area (Å²) in [5.41, 5.74) is -0.521. The number of thiazole rings is 1. The molecule has 0 aromatic carbocycles. The van der Waals surface area contributed by atoms with Crippen molar-refractivity contribution in [2.75, 3.05) is 6.54 Å². The van der Waals surface area contributed by atoms with Crippen LogP contribution in [0.5, 0.6) is 0 Å². The summed E-state index contributed by atoms with van der Waals surface area (Å²) in [7, 11) is 0. The number of aromatic nitrogens is 1. The Kier molecular flexibility index (Phi) is 5.94. The van der Waals surface area contributed by atoms with Crippen LogP contribution in [0.3, 0.4) is 0 Å². The van der Waals surface area contributed by atoms with Gasteiger partial charge in [-0.3, -0.25) is 4.79 Å². The summed E-state index contributed by atoms with van der Waals surface area (Å²) in [5.74, 6) is -1.19. The van der Waals surface area contributed by atoms with Crippen molar-refractivity contribution in [3.8, 4) is 0 Å². The minimum Gasteiger partial charge on any atom is -0.481 e. The Bertz CT molecular complexity index is 446. The number of hydrogen-bond acceptors (Lipinski definition) is 4. The quantitative estimate of drug-likeness (QED) is 0.673. The van der Waals surface area contributed by atoms with Gasteiger partial charge in [0.1, 0.15) is 5.01 Å². The first-order chi connectivity index (χ1) is 9.33. The molecule has 2 amide bonds. The monoisotopic (exact) mass is 299 g/mol. The van der Waals surface area contributed by atoms with E-state index in [1.54, 1.807) is 13.1 Å². The molecule has 1 heterocycles. The number of aliphatic carboxylic acids is 1. The van der Waals surface area contributed by atoms with Crippen molar-refractivity contribution in [3.05, 3.63) is 16.6 Å². The number of urea groups is 1. The van der Waals surface area contributed by atoms with Gasteiger partial charge in [-0.25, -0.2) is 9.78 Å². The summed E-state index contributed by atoms with van der Waals surface area (Å²) in [6.45, 7) is 5.89. The molecule has 0 saturated carbocycles. The normalized spacial score (nSPS) is 12.8.